The molecule has 16 heavy (non-hydrogen) atoms. The van der Waals surface area contributed by atoms with Gasteiger partial charge in [0, 0.05) is 12.6 Å². The van der Waals surface area contributed by atoms with Gasteiger partial charge in [-0.05, 0) is 31.5 Å². The lowest BCUT2D eigenvalue weighted by atomic mass is 9.87. The molecule has 1 aromatic heterocycles. The van der Waals surface area contributed by atoms with Crippen LogP contribution in [-0.4, -0.2) is 28.2 Å². The van der Waals surface area contributed by atoms with E-state index in [0.29, 0.717) is 11.2 Å². The minimum Gasteiger partial charge on any atom is -0.297 e. The topological polar surface area (TPSA) is 29.0 Å². The lowest BCUT2D eigenvalue weighted by Gasteiger charge is -2.35. The van der Waals surface area contributed by atoms with Crippen molar-refractivity contribution >= 4 is 11.6 Å². The highest BCUT2D eigenvalue weighted by Crippen LogP contribution is 2.23. The van der Waals surface area contributed by atoms with Crippen molar-refractivity contribution in [1.29, 1.82) is 0 Å². The number of nitrogens with zero attached hydrogens (tertiary/aromatic N) is 3. The summed E-state index contributed by atoms with van der Waals surface area (Å²) in [5, 5.41) is 8.34. The third-order valence-electron chi connectivity index (χ3n) is 3.01. The number of hydrogen-bond donors (Lipinski definition) is 0. The van der Waals surface area contributed by atoms with Crippen molar-refractivity contribution in [3.05, 3.63) is 23.0 Å². The van der Waals surface area contributed by atoms with Gasteiger partial charge >= 0.3 is 0 Å². The predicted octanol–water partition coefficient (Wildman–Crippen LogP) is 3.00. The van der Waals surface area contributed by atoms with Crippen molar-refractivity contribution in [2.75, 3.05) is 7.05 Å². The maximum absolute atomic E-state index is 5.70. The van der Waals surface area contributed by atoms with E-state index in [-0.39, 0.29) is 5.41 Å². The first kappa shape index (κ1) is 13.4. The molecule has 0 aliphatic heterocycles. The summed E-state index contributed by atoms with van der Waals surface area (Å²) in [6.45, 7) is 9.73. The summed E-state index contributed by atoms with van der Waals surface area (Å²) < 4.78 is 0. The summed E-state index contributed by atoms with van der Waals surface area (Å²) in [6, 6.07) is 4.17. The van der Waals surface area contributed by atoms with Crippen molar-refractivity contribution in [2.45, 2.75) is 40.3 Å². The second-order valence-corrected chi connectivity index (χ2v) is 5.69. The average Bonchev–Trinajstić information content (AvgIpc) is 2.19. The van der Waals surface area contributed by atoms with Crippen LogP contribution in [0.4, 0.5) is 0 Å². The second kappa shape index (κ2) is 5.11. The second-order valence-electron chi connectivity index (χ2n) is 5.30. The molecule has 0 radical (unpaired) electrons. The number of aromatic nitrogens is 2. The van der Waals surface area contributed by atoms with Gasteiger partial charge < -0.3 is 0 Å². The fraction of sp³-hybridized carbons (Fsp3) is 0.667. The smallest absolute Gasteiger partial charge is 0.151 e. The van der Waals surface area contributed by atoms with Crippen molar-refractivity contribution in [2.24, 2.45) is 5.41 Å². The Morgan fingerprint density at radius 1 is 1.31 bits per heavy atom. The van der Waals surface area contributed by atoms with Crippen LogP contribution < -0.4 is 0 Å². The third kappa shape index (κ3) is 3.72. The standard InChI is InChI=1S/C12H20ClN3/c1-9(12(2,3)4)16(5)8-10-6-7-11(13)15-14-10/h6-7,9H,8H2,1-5H3. The minimum absolute atomic E-state index is 0.259. The first-order valence-corrected chi connectivity index (χ1v) is 5.87. The van der Waals surface area contributed by atoms with Crippen LogP contribution in [0.1, 0.15) is 33.4 Å². The van der Waals surface area contributed by atoms with Gasteiger partial charge in [0.1, 0.15) is 0 Å². The molecule has 0 amide bonds. The first-order valence-electron chi connectivity index (χ1n) is 5.49. The molecular formula is C12H20ClN3. The zero-order valence-corrected chi connectivity index (χ0v) is 11.4. The van der Waals surface area contributed by atoms with Gasteiger partial charge in [0.05, 0.1) is 5.69 Å². The molecular weight excluding hydrogens is 222 g/mol. The van der Waals surface area contributed by atoms with E-state index < -0.39 is 0 Å². The lowest BCUT2D eigenvalue weighted by molar-refractivity contribution is 0.133. The van der Waals surface area contributed by atoms with E-state index in [1.54, 1.807) is 6.07 Å². The van der Waals surface area contributed by atoms with E-state index in [1.165, 1.54) is 0 Å². The van der Waals surface area contributed by atoms with E-state index in [2.05, 4.69) is 49.8 Å². The summed E-state index contributed by atoms with van der Waals surface area (Å²) in [4.78, 5) is 2.28. The molecule has 90 valence electrons. The highest BCUT2D eigenvalue weighted by atomic mass is 35.5. The summed E-state index contributed by atoms with van der Waals surface area (Å²) in [7, 11) is 2.10. The fourth-order valence-corrected chi connectivity index (χ4v) is 1.58. The van der Waals surface area contributed by atoms with Crippen LogP contribution in [0.15, 0.2) is 12.1 Å². The molecule has 1 atom stereocenters. The van der Waals surface area contributed by atoms with Crippen LogP contribution in [0.2, 0.25) is 5.15 Å². The molecule has 0 aliphatic carbocycles. The van der Waals surface area contributed by atoms with Gasteiger partial charge in [-0.3, -0.25) is 4.90 Å². The van der Waals surface area contributed by atoms with Gasteiger partial charge in [-0.2, -0.15) is 5.10 Å². The van der Waals surface area contributed by atoms with Gasteiger partial charge in [-0.1, -0.05) is 32.4 Å². The van der Waals surface area contributed by atoms with E-state index in [9.17, 15) is 0 Å². The Morgan fingerprint density at radius 3 is 2.38 bits per heavy atom. The third-order valence-corrected chi connectivity index (χ3v) is 3.21. The first-order chi connectivity index (χ1) is 7.30. The predicted molar refractivity (Wildman–Crippen MR) is 67.4 cm³/mol. The molecule has 1 heterocycles. The summed E-state index contributed by atoms with van der Waals surface area (Å²) in [5.41, 5.74) is 1.21. The Bertz CT molecular complexity index is 329. The molecule has 0 aliphatic rings. The summed E-state index contributed by atoms with van der Waals surface area (Å²) >= 11 is 5.70. The lowest BCUT2D eigenvalue weighted by Crippen LogP contribution is -2.39. The molecule has 0 bridgehead atoms. The highest BCUT2D eigenvalue weighted by Gasteiger charge is 2.23. The molecule has 1 aromatic rings. The summed E-state index contributed by atoms with van der Waals surface area (Å²) in [5.74, 6) is 0. The largest absolute Gasteiger partial charge is 0.297 e. The van der Waals surface area contributed by atoms with Crippen LogP contribution in [0, 0.1) is 5.41 Å². The van der Waals surface area contributed by atoms with Crippen LogP contribution in [0.3, 0.4) is 0 Å². The molecule has 3 nitrogen and oxygen atoms in total. The van der Waals surface area contributed by atoms with Crippen molar-refractivity contribution in [3.8, 4) is 0 Å². The van der Waals surface area contributed by atoms with E-state index in [0.717, 1.165) is 12.2 Å². The van der Waals surface area contributed by atoms with Gasteiger partial charge in [0.2, 0.25) is 0 Å². The Kier molecular flexibility index (Phi) is 4.28. The van der Waals surface area contributed by atoms with Gasteiger partial charge in [-0.15, -0.1) is 5.10 Å². The van der Waals surface area contributed by atoms with Gasteiger partial charge in [0.25, 0.3) is 0 Å². The van der Waals surface area contributed by atoms with Gasteiger partial charge in [-0.25, -0.2) is 0 Å². The van der Waals surface area contributed by atoms with E-state index >= 15 is 0 Å². The molecule has 4 heteroatoms. The van der Waals surface area contributed by atoms with E-state index in [1.807, 2.05) is 6.07 Å². The van der Waals surface area contributed by atoms with Gasteiger partial charge in [0.15, 0.2) is 5.15 Å². The quantitative estimate of drug-likeness (QED) is 0.815. The molecule has 0 N–H and O–H groups in total. The molecule has 0 saturated carbocycles. The normalized spacial score (nSPS) is 14.2. The minimum atomic E-state index is 0.259. The van der Waals surface area contributed by atoms with Crippen LogP contribution in [-0.2, 0) is 6.54 Å². The summed E-state index contributed by atoms with van der Waals surface area (Å²) in [6.07, 6.45) is 0. The Labute approximate surface area is 103 Å². The molecule has 0 saturated heterocycles. The number of rotatable bonds is 3. The van der Waals surface area contributed by atoms with Crippen LogP contribution >= 0.6 is 11.6 Å². The maximum atomic E-state index is 5.70. The number of halogens is 1. The SMILES string of the molecule is CC(N(C)Cc1ccc(Cl)nn1)C(C)(C)C. The Hall–Kier alpha value is -0.670. The average molecular weight is 242 g/mol. The highest BCUT2D eigenvalue weighted by molar-refractivity contribution is 6.29. The zero-order chi connectivity index (χ0) is 12.3. The molecule has 1 rings (SSSR count). The maximum Gasteiger partial charge on any atom is 0.151 e. The van der Waals surface area contributed by atoms with Crippen molar-refractivity contribution in [3.63, 3.8) is 0 Å². The fourth-order valence-electron chi connectivity index (χ4n) is 1.48. The Morgan fingerprint density at radius 2 is 1.94 bits per heavy atom. The number of hydrogen-bond acceptors (Lipinski definition) is 3. The van der Waals surface area contributed by atoms with Crippen molar-refractivity contribution < 1.29 is 0 Å². The molecule has 1 unspecified atom stereocenters. The van der Waals surface area contributed by atoms with Crippen molar-refractivity contribution in [1.82, 2.24) is 15.1 Å². The van der Waals surface area contributed by atoms with Crippen LogP contribution in [0.5, 0.6) is 0 Å². The zero-order valence-electron chi connectivity index (χ0n) is 10.7. The molecule has 0 spiro atoms. The Balaban J connectivity index is 2.64. The van der Waals surface area contributed by atoms with E-state index in [4.69, 9.17) is 11.6 Å². The molecule has 0 aromatic carbocycles. The monoisotopic (exact) mass is 241 g/mol. The van der Waals surface area contributed by atoms with Crippen LogP contribution in [0.25, 0.3) is 0 Å². The molecule has 0 fully saturated rings.